The van der Waals surface area contributed by atoms with Gasteiger partial charge in [-0.1, -0.05) is 12.1 Å². The van der Waals surface area contributed by atoms with Crippen LogP contribution in [0.25, 0.3) is 5.69 Å². The fraction of sp³-hybridized carbons (Fsp3) is 0.303. The molecule has 0 saturated carbocycles. The zero-order valence-corrected chi connectivity index (χ0v) is 25.7. The monoisotopic (exact) mass is 598 g/mol. The lowest BCUT2D eigenvalue weighted by atomic mass is 10.0. The molecule has 5 rings (SSSR count). The van der Waals surface area contributed by atoms with Crippen LogP contribution in [0, 0.1) is 5.41 Å². The van der Waals surface area contributed by atoms with Gasteiger partial charge in [0, 0.05) is 67.7 Å². The predicted molar refractivity (Wildman–Crippen MR) is 172 cm³/mol. The van der Waals surface area contributed by atoms with Gasteiger partial charge in [0.1, 0.15) is 34.4 Å². The van der Waals surface area contributed by atoms with Gasteiger partial charge in [-0.3, -0.25) is 10.2 Å². The predicted octanol–water partition coefficient (Wildman–Crippen LogP) is 4.05. The summed E-state index contributed by atoms with van der Waals surface area (Å²) in [7, 11) is 8.40. The first kappa shape index (κ1) is 30.4. The van der Waals surface area contributed by atoms with Gasteiger partial charge in [0.05, 0.1) is 39.8 Å². The third kappa shape index (κ3) is 6.47. The Labute approximate surface area is 257 Å². The molecule has 2 heterocycles. The molecule has 0 radical (unpaired) electrons. The second-order valence-corrected chi connectivity index (χ2v) is 10.4. The lowest BCUT2D eigenvalue weighted by Gasteiger charge is -2.34. The normalized spacial score (nSPS) is 13.3. The molecule has 3 aromatic carbocycles. The summed E-state index contributed by atoms with van der Waals surface area (Å²) < 4.78 is 23.0. The molecule has 1 aliphatic rings. The van der Waals surface area contributed by atoms with Crippen molar-refractivity contribution in [3.05, 3.63) is 93.9 Å². The highest BCUT2D eigenvalue weighted by Gasteiger charge is 2.20. The Morgan fingerprint density at radius 3 is 2.09 bits per heavy atom. The maximum Gasteiger partial charge on any atom is 0.273 e. The van der Waals surface area contributed by atoms with E-state index in [2.05, 4.69) is 22.2 Å². The summed E-state index contributed by atoms with van der Waals surface area (Å²) in [5, 5.41) is 17.3. The van der Waals surface area contributed by atoms with Gasteiger partial charge in [-0.2, -0.15) is 9.78 Å². The summed E-state index contributed by atoms with van der Waals surface area (Å²) in [6.45, 7) is 4.24. The summed E-state index contributed by atoms with van der Waals surface area (Å²) in [4.78, 5) is 18.1. The van der Waals surface area contributed by atoms with E-state index in [9.17, 15) is 10.2 Å². The lowest BCUT2D eigenvalue weighted by molar-refractivity contribution is 0.313. The number of benzene rings is 3. The van der Waals surface area contributed by atoms with Crippen LogP contribution in [0.15, 0.2) is 71.5 Å². The maximum absolute atomic E-state index is 13.5. The lowest BCUT2D eigenvalue weighted by Crippen LogP contribution is -2.44. The molecule has 11 heteroatoms. The van der Waals surface area contributed by atoms with Crippen molar-refractivity contribution in [2.45, 2.75) is 6.54 Å². The van der Waals surface area contributed by atoms with Gasteiger partial charge in [0.25, 0.3) is 5.56 Å². The number of ether oxygens (including phenoxy) is 4. The topological polar surface area (TPSA) is 114 Å². The minimum atomic E-state index is -0.389. The van der Waals surface area contributed by atoms with Crippen molar-refractivity contribution in [1.29, 1.82) is 5.41 Å². The average Bonchev–Trinajstić information content (AvgIpc) is 3.07. The molecule has 0 bridgehead atoms. The molecule has 0 unspecified atom stereocenters. The van der Waals surface area contributed by atoms with Gasteiger partial charge in [-0.05, 0) is 43.4 Å². The molecule has 0 spiro atoms. The Kier molecular flexibility index (Phi) is 9.35. The zero-order chi connectivity index (χ0) is 31.2. The smallest absolute Gasteiger partial charge is 0.273 e. The van der Waals surface area contributed by atoms with E-state index in [0.717, 1.165) is 37.4 Å². The molecular weight excluding hydrogens is 560 g/mol. The number of anilines is 2. The number of nitrogens with zero attached hydrogens (tertiary/aromatic N) is 4. The van der Waals surface area contributed by atoms with Crippen LogP contribution in [0.1, 0.15) is 16.8 Å². The van der Waals surface area contributed by atoms with Crippen molar-refractivity contribution in [3.8, 4) is 28.7 Å². The highest BCUT2D eigenvalue weighted by atomic mass is 16.5. The third-order valence-corrected chi connectivity index (χ3v) is 7.77. The van der Waals surface area contributed by atoms with Gasteiger partial charge in [0.15, 0.2) is 0 Å². The molecule has 44 heavy (non-hydrogen) atoms. The van der Waals surface area contributed by atoms with E-state index >= 15 is 0 Å². The van der Waals surface area contributed by atoms with Crippen LogP contribution in [-0.4, -0.2) is 82.1 Å². The Balaban J connectivity index is 1.53. The first-order valence-corrected chi connectivity index (χ1v) is 14.3. The van der Waals surface area contributed by atoms with Crippen LogP contribution in [-0.2, 0) is 6.54 Å². The molecule has 11 nitrogen and oxygen atoms in total. The van der Waals surface area contributed by atoms with Gasteiger partial charge < -0.3 is 34.1 Å². The number of nitrogens with one attached hydrogen (secondary N) is 2. The van der Waals surface area contributed by atoms with Gasteiger partial charge in [-0.15, -0.1) is 0 Å². The molecule has 0 amide bonds. The van der Waals surface area contributed by atoms with Crippen molar-refractivity contribution < 1.29 is 18.9 Å². The van der Waals surface area contributed by atoms with Crippen LogP contribution < -0.4 is 34.7 Å². The molecule has 0 aliphatic carbocycles. The first-order valence-electron chi connectivity index (χ1n) is 14.3. The number of aromatic nitrogens is 2. The van der Waals surface area contributed by atoms with Crippen LogP contribution in [0.4, 0.5) is 11.4 Å². The Hall–Kier alpha value is -5.03. The molecule has 1 aromatic heterocycles. The van der Waals surface area contributed by atoms with Crippen LogP contribution in [0.3, 0.4) is 0 Å². The highest BCUT2D eigenvalue weighted by Crippen LogP contribution is 2.29. The number of piperazine rings is 1. The SMILES string of the molecule is COc1ccc(CNc2cc(=O)n(-c3ccc(OC)cc3OC)nc2C(=N)c2ccc(N3CCN(C)CC3)cc2)c(OC)c1. The minimum Gasteiger partial charge on any atom is -0.497 e. The minimum absolute atomic E-state index is 0.167. The van der Waals surface area contributed by atoms with E-state index in [0.29, 0.717) is 52.2 Å². The largest absolute Gasteiger partial charge is 0.497 e. The van der Waals surface area contributed by atoms with Crippen LogP contribution in [0.2, 0.25) is 0 Å². The molecule has 230 valence electrons. The van der Waals surface area contributed by atoms with Crippen LogP contribution >= 0.6 is 0 Å². The third-order valence-electron chi connectivity index (χ3n) is 7.77. The van der Waals surface area contributed by atoms with E-state index in [1.54, 1.807) is 45.6 Å². The van der Waals surface area contributed by atoms with E-state index in [4.69, 9.17) is 24.0 Å². The van der Waals surface area contributed by atoms with E-state index < -0.39 is 0 Å². The first-order chi connectivity index (χ1) is 21.3. The summed E-state index contributed by atoms with van der Waals surface area (Å²) in [5.74, 6) is 2.30. The number of rotatable bonds is 11. The highest BCUT2D eigenvalue weighted by molar-refractivity contribution is 6.12. The molecule has 2 N–H and O–H groups in total. The Bertz CT molecular complexity index is 1680. The molecule has 1 aliphatic heterocycles. The number of likely N-dealkylation sites (N-methyl/N-ethyl adjacent to an activating group) is 1. The molecule has 4 aromatic rings. The van der Waals surface area contributed by atoms with E-state index in [1.807, 2.05) is 36.4 Å². The number of hydrogen-bond donors (Lipinski definition) is 2. The Morgan fingerprint density at radius 2 is 1.45 bits per heavy atom. The summed E-state index contributed by atoms with van der Waals surface area (Å²) >= 11 is 0. The second kappa shape index (κ2) is 13.5. The zero-order valence-electron chi connectivity index (χ0n) is 25.7. The van der Waals surface area contributed by atoms with E-state index in [1.165, 1.54) is 17.9 Å². The molecule has 0 atom stereocenters. The van der Waals surface area contributed by atoms with E-state index in [-0.39, 0.29) is 11.3 Å². The van der Waals surface area contributed by atoms with Crippen molar-refractivity contribution in [3.63, 3.8) is 0 Å². The summed E-state index contributed by atoms with van der Waals surface area (Å²) in [6.07, 6.45) is 0. The summed E-state index contributed by atoms with van der Waals surface area (Å²) in [5.41, 5.74) is 3.57. The number of hydrogen-bond acceptors (Lipinski definition) is 10. The van der Waals surface area contributed by atoms with Crippen molar-refractivity contribution >= 4 is 17.1 Å². The second-order valence-electron chi connectivity index (χ2n) is 10.4. The maximum atomic E-state index is 13.5. The van der Waals surface area contributed by atoms with Crippen molar-refractivity contribution in [1.82, 2.24) is 14.7 Å². The average molecular weight is 599 g/mol. The van der Waals surface area contributed by atoms with Crippen LogP contribution in [0.5, 0.6) is 23.0 Å². The Morgan fingerprint density at radius 1 is 0.818 bits per heavy atom. The van der Waals surface area contributed by atoms with Crippen molar-refractivity contribution in [2.24, 2.45) is 0 Å². The quantitative estimate of drug-likeness (QED) is 0.247. The fourth-order valence-electron chi connectivity index (χ4n) is 5.14. The fourth-order valence-corrected chi connectivity index (χ4v) is 5.14. The molecule has 1 fully saturated rings. The molecule has 1 saturated heterocycles. The molecular formula is C33H38N6O5. The standard InChI is InChI=1S/C33H38N6O5/c1-37-14-16-38(17-15-37)24-9-6-22(7-10-24)32(34)33-27(35-21-23-8-11-25(41-2)18-29(23)43-4)20-31(40)39(36-33)28-13-12-26(42-3)19-30(28)44-5/h6-13,18-20,34-35H,14-17,21H2,1-5H3. The van der Waals surface area contributed by atoms with Gasteiger partial charge in [0.2, 0.25) is 0 Å². The number of methoxy groups -OCH3 is 4. The van der Waals surface area contributed by atoms with Gasteiger partial charge in [-0.25, -0.2) is 0 Å². The van der Waals surface area contributed by atoms with Gasteiger partial charge >= 0.3 is 0 Å². The van der Waals surface area contributed by atoms with Crippen molar-refractivity contribution in [2.75, 3.05) is 71.9 Å². The summed E-state index contributed by atoms with van der Waals surface area (Å²) in [6, 6.07) is 20.0.